The van der Waals surface area contributed by atoms with Crippen LogP contribution in [-0.2, 0) is 16.4 Å². The third-order valence-electron chi connectivity index (χ3n) is 3.27. The zero-order valence-corrected chi connectivity index (χ0v) is 13.2. The molecule has 1 aliphatic heterocycles. The van der Waals surface area contributed by atoms with Crippen molar-refractivity contribution in [2.24, 2.45) is 0 Å². The minimum atomic E-state index is -3.71. The third-order valence-corrected chi connectivity index (χ3v) is 5.20. The Balaban J connectivity index is 1.95. The van der Waals surface area contributed by atoms with Gasteiger partial charge >= 0.3 is 0 Å². The first-order valence-corrected chi connectivity index (χ1v) is 8.54. The Kier molecular flexibility index (Phi) is 3.73. The minimum absolute atomic E-state index is 0.187. The van der Waals surface area contributed by atoms with E-state index in [2.05, 4.69) is 10.0 Å². The summed E-state index contributed by atoms with van der Waals surface area (Å²) >= 11 is 11.9. The first kappa shape index (κ1) is 14.5. The molecule has 1 heterocycles. The van der Waals surface area contributed by atoms with Crippen molar-refractivity contribution in [2.75, 3.05) is 16.6 Å². The van der Waals surface area contributed by atoms with Crippen LogP contribution < -0.4 is 10.0 Å². The van der Waals surface area contributed by atoms with E-state index in [1.165, 1.54) is 6.07 Å². The molecule has 1 aliphatic rings. The van der Waals surface area contributed by atoms with Gasteiger partial charge in [0.25, 0.3) is 10.0 Å². The molecule has 0 saturated carbocycles. The normalized spacial score (nSPS) is 13.6. The van der Waals surface area contributed by atoms with Crippen LogP contribution in [0.25, 0.3) is 0 Å². The Labute approximate surface area is 133 Å². The van der Waals surface area contributed by atoms with Crippen LogP contribution in [0, 0.1) is 0 Å². The van der Waals surface area contributed by atoms with Gasteiger partial charge in [0.05, 0.1) is 15.6 Å². The summed E-state index contributed by atoms with van der Waals surface area (Å²) in [6.45, 7) is 0.826. The van der Waals surface area contributed by atoms with Gasteiger partial charge < -0.3 is 5.32 Å². The van der Waals surface area contributed by atoms with Crippen molar-refractivity contribution >= 4 is 44.6 Å². The summed E-state index contributed by atoms with van der Waals surface area (Å²) in [5, 5.41) is 3.86. The van der Waals surface area contributed by atoms with Gasteiger partial charge in [-0.2, -0.15) is 0 Å². The Morgan fingerprint density at radius 2 is 1.90 bits per heavy atom. The van der Waals surface area contributed by atoms with Crippen LogP contribution in [0.1, 0.15) is 5.56 Å². The van der Waals surface area contributed by atoms with Crippen LogP contribution >= 0.6 is 23.2 Å². The molecule has 0 amide bonds. The number of halogens is 2. The first-order valence-electron chi connectivity index (χ1n) is 6.30. The second kappa shape index (κ2) is 5.40. The lowest BCUT2D eigenvalue weighted by Gasteiger charge is -2.11. The molecule has 0 aliphatic carbocycles. The summed E-state index contributed by atoms with van der Waals surface area (Å²) in [6.07, 6.45) is 0.906. The molecule has 0 atom stereocenters. The fraction of sp³-hybridized carbons (Fsp3) is 0.143. The van der Waals surface area contributed by atoms with Gasteiger partial charge in [0.15, 0.2) is 0 Å². The molecule has 0 spiro atoms. The van der Waals surface area contributed by atoms with E-state index in [-0.39, 0.29) is 10.6 Å². The quantitative estimate of drug-likeness (QED) is 0.892. The van der Waals surface area contributed by atoms with Crippen LogP contribution in [0.15, 0.2) is 41.3 Å². The Bertz CT molecular complexity index is 807. The van der Waals surface area contributed by atoms with E-state index >= 15 is 0 Å². The minimum Gasteiger partial charge on any atom is -0.384 e. The lowest BCUT2D eigenvalue weighted by atomic mass is 10.2. The van der Waals surface area contributed by atoms with Gasteiger partial charge in [-0.1, -0.05) is 29.3 Å². The maximum absolute atomic E-state index is 12.4. The van der Waals surface area contributed by atoms with E-state index in [0.29, 0.717) is 10.0 Å². The Hall–Kier alpha value is -1.43. The van der Waals surface area contributed by atoms with Crippen LogP contribution in [0.4, 0.5) is 11.4 Å². The molecule has 0 radical (unpaired) electrons. The molecule has 0 aromatic heterocycles. The summed E-state index contributed by atoms with van der Waals surface area (Å²) in [5.41, 5.74) is 2.24. The van der Waals surface area contributed by atoms with Gasteiger partial charge in [-0.3, -0.25) is 4.72 Å². The van der Waals surface area contributed by atoms with Gasteiger partial charge in [0, 0.05) is 17.3 Å². The van der Waals surface area contributed by atoms with Crippen LogP contribution in [0.2, 0.25) is 10.0 Å². The first-order chi connectivity index (χ1) is 9.95. The number of anilines is 2. The molecule has 21 heavy (non-hydrogen) atoms. The van der Waals surface area contributed by atoms with Crippen molar-refractivity contribution in [1.29, 1.82) is 0 Å². The van der Waals surface area contributed by atoms with E-state index in [4.69, 9.17) is 23.2 Å². The molecule has 2 aromatic rings. The monoisotopic (exact) mass is 342 g/mol. The smallest absolute Gasteiger partial charge is 0.262 e. The average Bonchev–Trinajstić information content (AvgIpc) is 2.90. The molecule has 0 unspecified atom stereocenters. The molecule has 2 N–H and O–H groups in total. The van der Waals surface area contributed by atoms with Crippen molar-refractivity contribution in [2.45, 2.75) is 11.3 Å². The fourth-order valence-corrected chi connectivity index (χ4v) is 3.71. The number of hydrogen-bond donors (Lipinski definition) is 2. The number of sulfonamides is 1. The molecule has 0 bridgehead atoms. The van der Waals surface area contributed by atoms with Gasteiger partial charge in [0.2, 0.25) is 0 Å². The highest BCUT2D eigenvalue weighted by Crippen LogP contribution is 2.30. The number of fused-ring (bicyclic) bond motifs is 1. The Morgan fingerprint density at radius 1 is 1.10 bits per heavy atom. The van der Waals surface area contributed by atoms with Crippen molar-refractivity contribution < 1.29 is 8.42 Å². The van der Waals surface area contributed by atoms with Gasteiger partial charge in [-0.15, -0.1) is 0 Å². The molecule has 2 aromatic carbocycles. The predicted octanol–water partition coefficient (Wildman–Crippen LogP) is 3.76. The average molecular weight is 343 g/mol. The van der Waals surface area contributed by atoms with Crippen molar-refractivity contribution in [3.63, 3.8) is 0 Å². The van der Waals surface area contributed by atoms with Crippen LogP contribution in [0.3, 0.4) is 0 Å². The van der Waals surface area contributed by atoms with E-state index in [9.17, 15) is 8.42 Å². The highest BCUT2D eigenvalue weighted by molar-refractivity contribution is 7.92. The summed E-state index contributed by atoms with van der Waals surface area (Å²) in [5.74, 6) is 0. The lowest BCUT2D eigenvalue weighted by Crippen LogP contribution is -2.13. The molecule has 7 heteroatoms. The molecule has 0 fully saturated rings. The van der Waals surface area contributed by atoms with E-state index in [1.54, 1.807) is 24.3 Å². The number of benzene rings is 2. The molecule has 0 saturated heterocycles. The van der Waals surface area contributed by atoms with Crippen LogP contribution in [-0.4, -0.2) is 15.0 Å². The van der Waals surface area contributed by atoms with E-state index in [0.717, 1.165) is 24.2 Å². The summed E-state index contributed by atoms with van der Waals surface area (Å²) in [7, 11) is -3.71. The zero-order chi connectivity index (χ0) is 15.0. The van der Waals surface area contributed by atoms with E-state index < -0.39 is 10.0 Å². The molecular weight excluding hydrogens is 331 g/mol. The standard InChI is InChI=1S/C14H12Cl2N2O2S/c15-10-2-4-12(16)14(7-10)18-21(19,20)11-3-1-9-5-6-17-13(9)8-11/h1-4,7-8,17-18H,5-6H2. The summed E-state index contributed by atoms with van der Waals surface area (Å²) in [4.78, 5) is 0.187. The molecule has 4 nitrogen and oxygen atoms in total. The van der Waals surface area contributed by atoms with Gasteiger partial charge in [0.1, 0.15) is 0 Å². The molecule has 110 valence electrons. The fourth-order valence-electron chi connectivity index (χ4n) is 2.22. The summed E-state index contributed by atoms with van der Waals surface area (Å²) in [6, 6.07) is 9.67. The maximum atomic E-state index is 12.4. The maximum Gasteiger partial charge on any atom is 0.262 e. The summed E-state index contributed by atoms with van der Waals surface area (Å²) < 4.78 is 27.3. The van der Waals surface area contributed by atoms with Crippen molar-refractivity contribution in [1.82, 2.24) is 0 Å². The number of hydrogen-bond acceptors (Lipinski definition) is 3. The van der Waals surface area contributed by atoms with E-state index in [1.807, 2.05) is 6.07 Å². The zero-order valence-electron chi connectivity index (χ0n) is 10.9. The van der Waals surface area contributed by atoms with Crippen molar-refractivity contribution in [3.05, 3.63) is 52.0 Å². The third kappa shape index (κ3) is 2.95. The highest BCUT2D eigenvalue weighted by Gasteiger charge is 2.19. The lowest BCUT2D eigenvalue weighted by molar-refractivity contribution is 0.601. The predicted molar refractivity (Wildman–Crippen MR) is 85.9 cm³/mol. The number of rotatable bonds is 3. The molecular formula is C14H12Cl2N2O2S. The SMILES string of the molecule is O=S(=O)(Nc1cc(Cl)ccc1Cl)c1ccc2c(c1)NCC2. The topological polar surface area (TPSA) is 58.2 Å². The second-order valence-electron chi connectivity index (χ2n) is 4.73. The second-order valence-corrected chi connectivity index (χ2v) is 7.25. The largest absolute Gasteiger partial charge is 0.384 e. The molecule has 3 rings (SSSR count). The van der Waals surface area contributed by atoms with Crippen LogP contribution in [0.5, 0.6) is 0 Å². The van der Waals surface area contributed by atoms with Gasteiger partial charge in [-0.05, 0) is 42.3 Å². The Morgan fingerprint density at radius 3 is 2.71 bits per heavy atom. The van der Waals surface area contributed by atoms with Gasteiger partial charge in [-0.25, -0.2) is 8.42 Å². The highest BCUT2D eigenvalue weighted by atomic mass is 35.5. The van der Waals surface area contributed by atoms with Crippen molar-refractivity contribution in [3.8, 4) is 0 Å². The number of nitrogens with one attached hydrogen (secondary N) is 2.